The van der Waals surface area contributed by atoms with Gasteiger partial charge in [-0.25, -0.2) is 0 Å². The van der Waals surface area contributed by atoms with E-state index >= 15 is 0 Å². The molecule has 0 unspecified atom stereocenters. The molecule has 0 fully saturated rings. The molecule has 0 radical (unpaired) electrons. The molecule has 0 amide bonds. The molecule has 0 aromatic heterocycles. The van der Waals surface area contributed by atoms with Gasteiger partial charge in [-0.3, -0.25) is 5.41 Å². The van der Waals surface area contributed by atoms with Crippen LogP contribution in [0.25, 0.3) is 0 Å². The number of hydrogen-bond donors (Lipinski definition) is 3. The fourth-order valence-electron chi connectivity index (χ4n) is 0.256. The first kappa shape index (κ1) is 4.97. The molecular weight excluding hydrogens is 108 g/mol. The molecule has 0 aromatic carbocycles. The van der Waals surface area contributed by atoms with Crippen molar-refractivity contribution < 1.29 is 1.41 Å². The van der Waals surface area contributed by atoms with Crippen LogP contribution in [0.3, 0.4) is 0 Å². The van der Waals surface area contributed by atoms with Crippen LogP contribution >= 0.6 is 12.6 Å². The van der Waals surface area contributed by atoms with Gasteiger partial charge in [-0.1, -0.05) is 0 Å². The van der Waals surface area contributed by atoms with Crippen LogP contribution in [0.15, 0.2) is 0 Å². The molecule has 0 atom stereocenters. The van der Waals surface area contributed by atoms with Crippen LogP contribution in [-0.4, -0.2) is 11.6 Å². The van der Waals surface area contributed by atoms with Crippen molar-refractivity contribution in [3.8, 4) is 0 Å². The van der Waals surface area contributed by atoms with E-state index in [4.69, 9.17) is 6.82 Å². The highest BCUT2D eigenvalue weighted by Crippen LogP contribution is 1.87. The Balaban J connectivity index is 2.99. The second-order valence-electron chi connectivity index (χ2n) is 1.31. The molecule has 0 spiro atoms. The lowest BCUT2D eigenvalue weighted by Gasteiger charge is -1.90. The zero-order valence-electron chi connectivity index (χ0n) is 5.07. The normalized spacial score (nSPS) is 10.1. The predicted octanol–water partition coefficient (Wildman–Crippen LogP) is 0.632. The lowest BCUT2D eigenvalue weighted by atomic mass is 10.3. The van der Waals surface area contributed by atoms with Gasteiger partial charge in [-0.2, -0.15) is 12.6 Å². The largest absolute Gasteiger partial charge is 0.388 e. The zero-order valence-corrected chi connectivity index (χ0v) is 4.96. The van der Waals surface area contributed by atoms with E-state index in [0.29, 0.717) is 6.42 Å². The third kappa shape index (κ3) is 5.82. The maximum Gasteiger partial charge on any atom is 0.157 e. The minimum Gasteiger partial charge on any atom is -0.388 e. The van der Waals surface area contributed by atoms with Crippen molar-refractivity contribution in [3.05, 3.63) is 0 Å². The Labute approximate surface area is 50.5 Å². The minimum atomic E-state index is 0.263. The molecule has 3 heteroatoms. The van der Waals surface area contributed by atoms with E-state index in [0.717, 1.165) is 12.2 Å². The van der Waals surface area contributed by atoms with Crippen LogP contribution < -0.4 is 5.73 Å². The van der Waals surface area contributed by atoms with Crippen LogP contribution in [0.2, 0.25) is 1.41 Å². The summed E-state index contributed by atoms with van der Waals surface area (Å²) >= 11 is 3.95. The Morgan fingerprint density at radius 2 is 2.71 bits per heavy atom. The molecule has 2 nitrogen and oxygen atoms in total. The van der Waals surface area contributed by atoms with Gasteiger partial charge < -0.3 is 5.73 Å². The summed E-state index contributed by atoms with van der Waals surface area (Å²) in [6, 6.07) is 0. The molecule has 0 aliphatic rings. The minimum absolute atomic E-state index is 0.263. The smallest absolute Gasteiger partial charge is 0.157 e. The van der Waals surface area contributed by atoms with E-state index in [1.807, 2.05) is 5.73 Å². The van der Waals surface area contributed by atoms with E-state index in [-0.39, 0.29) is 5.84 Å². The Morgan fingerprint density at radius 1 is 2.00 bits per heavy atom. The number of rotatable bonds is 3. The first-order valence-corrected chi connectivity index (χ1v) is 2.80. The van der Waals surface area contributed by atoms with Gasteiger partial charge in [0, 0.05) is 6.42 Å². The summed E-state index contributed by atoms with van der Waals surface area (Å²) in [6.45, 7) is 0. The SMILES string of the molecule is [2H]NC(=N)CCCS. The zero-order chi connectivity index (χ0) is 6.41. The van der Waals surface area contributed by atoms with Crippen LogP contribution in [0.1, 0.15) is 12.8 Å². The number of nitrogens with two attached hydrogens (primary N) is 1. The van der Waals surface area contributed by atoms with Crippen molar-refractivity contribution in [1.82, 2.24) is 0 Å². The second-order valence-corrected chi connectivity index (χ2v) is 1.75. The summed E-state index contributed by atoms with van der Waals surface area (Å²) in [6.07, 6.45) is 1.50. The molecule has 42 valence electrons. The molecule has 0 saturated heterocycles. The van der Waals surface area contributed by atoms with Crippen LogP contribution in [0, 0.1) is 5.41 Å². The first-order valence-electron chi connectivity index (χ1n) is 2.67. The highest BCUT2D eigenvalue weighted by molar-refractivity contribution is 7.80. The van der Waals surface area contributed by atoms with Crippen molar-refractivity contribution in [2.45, 2.75) is 12.8 Å². The number of thiol groups is 1. The second kappa shape index (κ2) is 3.99. The molecule has 0 aliphatic heterocycles. The van der Waals surface area contributed by atoms with E-state index in [9.17, 15) is 0 Å². The number of nitrogens with one attached hydrogen (secondary N) is 1. The quantitative estimate of drug-likeness (QED) is 0.285. The fraction of sp³-hybridized carbons (Fsp3) is 0.750. The van der Waals surface area contributed by atoms with Crippen molar-refractivity contribution in [3.63, 3.8) is 0 Å². The van der Waals surface area contributed by atoms with E-state index in [2.05, 4.69) is 12.6 Å². The highest BCUT2D eigenvalue weighted by atomic mass is 32.1. The molecule has 0 bridgehead atoms. The molecular formula is C4H10N2S. The third-order valence-corrected chi connectivity index (χ3v) is 0.901. The fourth-order valence-corrected chi connectivity index (χ4v) is 0.414. The Morgan fingerprint density at radius 3 is 3.14 bits per heavy atom. The molecule has 0 rings (SSSR count). The topological polar surface area (TPSA) is 49.9 Å². The van der Waals surface area contributed by atoms with Gasteiger partial charge in [0.15, 0.2) is 1.41 Å². The molecule has 0 saturated carbocycles. The van der Waals surface area contributed by atoms with E-state index in [1.165, 1.54) is 0 Å². The lowest BCUT2D eigenvalue weighted by molar-refractivity contribution is 0.992. The monoisotopic (exact) mass is 119 g/mol. The summed E-state index contributed by atoms with van der Waals surface area (Å²) in [5.74, 6) is 1.04. The predicted molar refractivity (Wildman–Crippen MR) is 35.0 cm³/mol. The van der Waals surface area contributed by atoms with Crippen molar-refractivity contribution in [2.24, 2.45) is 5.73 Å². The van der Waals surface area contributed by atoms with Gasteiger partial charge in [0.1, 0.15) is 0 Å². The molecule has 0 aromatic rings. The standard InChI is InChI=1S/C4H10N2S/c5-4(6)2-1-3-7/h7H,1-3H2,(H3,5,6)/i/hD. The first-order chi connectivity index (χ1) is 3.81. The van der Waals surface area contributed by atoms with Crippen LogP contribution in [0.4, 0.5) is 0 Å². The van der Waals surface area contributed by atoms with Gasteiger partial charge in [0.05, 0.1) is 5.84 Å². The van der Waals surface area contributed by atoms with Gasteiger partial charge in [0.2, 0.25) is 0 Å². The van der Waals surface area contributed by atoms with E-state index < -0.39 is 0 Å². The Hall–Kier alpha value is -0.180. The molecule has 0 heterocycles. The van der Waals surface area contributed by atoms with Gasteiger partial charge in [-0.05, 0) is 12.2 Å². The van der Waals surface area contributed by atoms with Crippen LogP contribution in [0.5, 0.6) is 0 Å². The summed E-state index contributed by atoms with van der Waals surface area (Å²) in [7, 11) is 0. The molecule has 3 N–H and O–H groups in total. The van der Waals surface area contributed by atoms with Gasteiger partial charge in [-0.15, -0.1) is 0 Å². The van der Waals surface area contributed by atoms with Gasteiger partial charge in [0.25, 0.3) is 0 Å². The van der Waals surface area contributed by atoms with Gasteiger partial charge >= 0.3 is 0 Å². The average molecular weight is 119 g/mol. The Bertz CT molecular complexity index is 76.4. The lowest BCUT2D eigenvalue weighted by Crippen LogP contribution is -2.08. The van der Waals surface area contributed by atoms with Crippen molar-refractivity contribution in [2.75, 3.05) is 5.75 Å². The summed E-state index contributed by atoms with van der Waals surface area (Å²) in [5.41, 5.74) is 2.00. The van der Waals surface area contributed by atoms with E-state index in [1.54, 1.807) is 0 Å². The maximum absolute atomic E-state index is 6.91. The third-order valence-electron chi connectivity index (χ3n) is 0.585. The molecule has 0 aliphatic carbocycles. The summed E-state index contributed by atoms with van der Waals surface area (Å²) in [5, 5.41) is 6.91. The van der Waals surface area contributed by atoms with Crippen molar-refractivity contribution >= 4 is 18.5 Å². The van der Waals surface area contributed by atoms with Crippen LogP contribution in [-0.2, 0) is 0 Å². The summed E-state index contributed by atoms with van der Waals surface area (Å²) in [4.78, 5) is 0. The number of hydrogen-bond acceptors (Lipinski definition) is 2. The summed E-state index contributed by atoms with van der Waals surface area (Å²) < 4.78 is 6.49. The van der Waals surface area contributed by atoms with Crippen molar-refractivity contribution in [1.29, 1.82) is 5.41 Å². The molecule has 7 heavy (non-hydrogen) atoms. The average Bonchev–Trinajstić information content (AvgIpc) is 1.83. The highest BCUT2D eigenvalue weighted by Gasteiger charge is 1.84. The number of amidine groups is 1. The maximum atomic E-state index is 6.91. The Kier molecular flexibility index (Phi) is 2.83.